The first kappa shape index (κ1) is 22.4. The van der Waals surface area contributed by atoms with Gasteiger partial charge in [0, 0.05) is 6.54 Å². The summed E-state index contributed by atoms with van der Waals surface area (Å²) >= 11 is -0.454. The van der Waals surface area contributed by atoms with Crippen molar-refractivity contribution < 1.29 is 18.3 Å². The third-order valence-electron chi connectivity index (χ3n) is 4.60. The molecule has 0 aliphatic rings. The topological polar surface area (TPSA) is 87.5 Å². The molecular weight excluding hydrogens is 517 g/mol. The maximum Gasteiger partial charge on any atom is 0.426 e. The third-order valence-corrected chi connectivity index (χ3v) is 6.85. The minimum Gasteiger partial charge on any atom is -0.755 e. The Morgan fingerprint density at radius 2 is 1.77 bits per heavy atom. The number of aryl methyl sites for hydroxylation is 2. The zero-order chi connectivity index (χ0) is 21.8. The van der Waals surface area contributed by atoms with Crippen molar-refractivity contribution >= 4 is 40.0 Å². The Balaban J connectivity index is 1.65. The van der Waals surface area contributed by atoms with Gasteiger partial charge in [0.25, 0.3) is 0 Å². The van der Waals surface area contributed by atoms with E-state index < -0.39 is 17.4 Å². The lowest BCUT2D eigenvalue weighted by Gasteiger charge is -2.23. The summed E-state index contributed by atoms with van der Waals surface area (Å²) in [5.41, 5.74) is 4.86. The number of amides is 1. The summed E-state index contributed by atoms with van der Waals surface area (Å²) in [7, 11) is 0. The van der Waals surface area contributed by atoms with E-state index in [4.69, 9.17) is 4.74 Å². The van der Waals surface area contributed by atoms with Crippen LogP contribution in [0, 0.1) is 24.3 Å². The van der Waals surface area contributed by atoms with Crippen molar-refractivity contribution in [2.24, 2.45) is 0 Å². The van der Waals surface area contributed by atoms with Gasteiger partial charge in [-0.15, -0.1) is 0 Å². The molecule has 1 amide bonds. The van der Waals surface area contributed by atoms with Crippen LogP contribution in [0.1, 0.15) is 22.5 Å². The maximum absolute atomic E-state index is 12.3. The molecule has 7 nitrogen and oxygen atoms in total. The van der Waals surface area contributed by atoms with E-state index >= 15 is 0 Å². The number of ether oxygens (including phenoxy) is 1. The molecule has 0 saturated heterocycles. The van der Waals surface area contributed by atoms with Gasteiger partial charge in [-0.05, 0) is 79.6 Å². The summed E-state index contributed by atoms with van der Waals surface area (Å²) in [4.78, 5) is 12.3. The second kappa shape index (κ2) is 9.71. The van der Waals surface area contributed by atoms with Crippen molar-refractivity contribution in [1.29, 1.82) is 0 Å². The van der Waals surface area contributed by atoms with E-state index in [0.29, 0.717) is 16.5 Å². The van der Waals surface area contributed by atoms with Gasteiger partial charge in [-0.1, -0.05) is 29.8 Å². The molecule has 0 fully saturated rings. The summed E-state index contributed by atoms with van der Waals surface area (Å²) in [6.07, 6.45) is -0.563. The lowest BCUT2D eigenvalue weighted by molar-refractivity contribution is 0.178. The molecule has 0 saturated carbocycles. The number of hydrogen-bond donors (Lipinski definition) is 0. The Morgan fingerprint density at radius 3 is 2.30 bits per heavy atom. The second-order valence-corrected chi connectivity index (χ2v) is 8.77. The number of nitrogens with zero attached hydrogens (tertiary/aromatic N) is 3. The van der Waals surface area contributed by atoms with Crippen molar-refractivity contribution in [3.8, 4) is 11.4 Å². The fourth-order valence-corrected chi connectivity index (χ4v) is 3.63. The quantitative estimate of drug-likeness (QED) is 0.346. The van der Waals surface area contributed by atoms with E-state index in [-0.39, 0.29) is 6.54 Å². The molecular formula is C21H21IN3O4S-. The molecule has 1 unspecified atom stereocenters. The molecule has 1 aromatic heterocycles. The van der Waals surface area contributed by atoms with Crippen LogP contribution in [0.25, 0.3) is 5.69 Å². The predicted molar refractivity (Wildman–Crippen MR) is 122 cm³/mol. The molecule has 2 aromatic carbocycles. The first-order chi connectivity index (χ1) is 14.3. The number of carbonyl (C=O) groups excluding carboxylic acids is 1. The summed E-state index contributed by atoms with van der Waals surface area (Å²) in [6.45, 7) is 5.87. The highest BCUT2D eigenvalue weighted by Gasteiger charge is 2.17. The first-order valence-corrected chi connectivity index (χ1v) is 11.3. The van der Waals surface area contributed by atoms with Crippen LogP contribution < -0.4 is 4.74 Å². The van der Waals surface area contributed by atoms with E-state index in [1.165, 1.54) is 0 Å². The zero-order valence-electron chi connectivity index (χ0n) is 16.8. The minimum absolute atomic E-state index is 0.0159. The van der Waals surface area contributed by atoms with Gasteiger partial charge in [-0.2, -0.15) is 5.10 Å². The fraction of sp³-hybridized carbons (Fsp3) is 0.238. The number of benzene rings is 2. The minimum atomic E-state index is -2.73. The van der Waals surface area contributed by atoms with Crippen LogP contribution in [0.4, 0.5) is 4.79 Å². The van der Waals surface area contributed by atoms with Crippen LogP contribution in [-0.4, -0.2) is 35.5 Å². The van der Waals surface area contributed by atoms with Gasteiger partial charge >= 0.3 is 6.09 Å². The number of carbonyl (C=O) groups is 1. The molecule has 0 N–H and O–H groups in total. The van der Waals surface area contributed by atoms with Crippen molar-refractivity contribution in [2.75, 3.05) is 6.54 Å². The molecule has 0 aliphatic carbocycles. The van der Waals surface area contributed by atoms with E-state index in [1.54, 1.807) is 24.3 Å². The molecule has 0 spiro atoms. The highest BCUT2D eigenvalue weighted by Crippen LogP contribution is 2.20. The Labute approximate surface area is 191 Å². The maximum atomic E-state index is 12.3. The summed E-state index contributed by atoms with van der Waals surface area (Å²) in [6, 6.07) is 14.5. The normalized spacial score (nSPS) is 11.9. The van der Waals surface area contributed by atoms with E-state index in [9.17, 15) is 13.6 Å². The lowest BCUT2D eigenvalue weighted by atomic mass is 10.1. The van der Waals surface area contributed by atoms with Gasteiger partial charge in [0.15, 0.2) is 0 Å². The van der Waals surface area contributed by atoms with Crippen LogP contribution in [0.2, 0.25) is 0 Å². The van der Waals surface area contributed by atoms with Gasteiger partial charge in [0.1, 0.15) is 5.75 Å². The van der Waals surface area contributed by atoms with E-state index in [1.807, 2.05) is 49.7 Å². The number of rotatable bonds is 6. The molecule has 0 aliphatic heterocycles. The van der Waals surface area contributed by atoms with Crippen LogP contribution in [0.3, 0.4) is 0 Å². The highest BCUT2D eigenvalue weighted by atomic mass is 127. The average Bonchev–Trinajstić information content (AvgIpc) is 2.97. The molecule has 1 heterocycles. The monoisotopic (exact) mass is 538 g/mol. The van der Waals surface area contributed by atoms with Crippen molar-refractivity contribution in [1.82, 2.24) is 14.1 Å². The standard InChI is InChI=1S/C21H22IN3O4S/c1-14-4-10-19(11-5-14)29-21(26)24(30(27)28)13-12-17-6-8-18(9-7-17)25-16(3)20(22)15(2)23-25/h4-11H,12-13H2,1-3H3,(H,27,28)/p-1. The number of aromatic nitrogens is 2. The Hall–Kier alpha value is -2.24. The Morgan fingerprint density at radius 1 is 1.13 bits per heavy atom. The Kier molecular flexibility index (Phi) is 7.27. The molecule has 3 aromatic rings. The first-order valence-electron chi connectivity index (χ1n) is 9.22. The zero-order valence-corrected chi connectivity index (χ0v) is 19.8. The third kappa shape index (κ3) is 5.27. The smallest absolute Gasteiger partial charge is 0.426 e. The van der Waals surface area contributed by atoms with Crippen LogP contribution in [-0.2, 0) is 17.7 Å². The molecule has 0 radical (unpaired) electrons. The van der Waals surface area contributed by atoms with Gasteiger partial charge < -0.3 is 9.29 Å². The van der Waals surface area contributed by atoms with E-state index in [2.05, 4.69) is 27.7 Å². The molecule has 3 rings (SSSR count). The number of halogens is 1. The van der Waals surface area contributed by atoms with Crippen LogP contribution >= 0.6 is 22.6 Å². The lowest BCUT2D eigenvalue weighted by Crippen LogP contribution is -2.36. The number of hydrogen-bond acceptors (Lipinski definition) is 5. The SMILES string of the molecule is Cc1ccc(OC(=O)N(CCc2ccc(-n3nc(C)c(I)c3C)cc2)S(=O)[O-])cc1. The molecule has 30 heavy (non-hydrogen) atoms. The van der Waals surface area contributed by atoms with Gasteiger partial charge in [0.2, 0.25) is 0 Å². The highest BCUT2D eigenvalue weighted by molar-refractivity contribution is 14.1. The van der Waals surface area contributed by atoms with Gasteiger partial charge in [-0.3, -0.25) is 4.21 Å². The van der Waals surface area contributed by atoms with Crippen molar-refractivity contribution in [2.45, 2.75) is 27.2 Å². The Bertz CT molecular complexity index is 1070. The molecule has 158 valence electrons. The fourth-order valence-electron chi connectivity index (χ4n) is 2.89. The van der Waals surface area contributed by atoms with Crippen LogP contribution in [0.15, 0.2) is 48.5 Å². The summed E-state index contributed by atoms with van der Waals surface area (Å²) in [5, 5.41) is 4.53. The predicted octanol–water partition coefficient (Wildman–Crippen LogP) is 4.24. The summed E-state index contributed by atoms with van der Waals surface area (Å²) < 4.78 is 31.9. The average molecular weight is 538 g/mol. The van der Waals surface area contributed by atoms with E-state index in [0.717, 1.165) is 31.8 Å². The largest absolute Gasteiger partial charge is 0.755 e. The summed E-state index contributed by atoms with van der Waals surface area (Å²) in [5.74, 6) is 0.296. The second-order valence-electron chi connectivity index (χ2n) is 6.81. The molecule has 1 atom stereocenters. The molecule has 9 heteroatoms. The van der Waals surface area contributed by atoms with Crippen molar-refractivity contribution in [3.05, 3.63) is 74.6 Å². The van der Waals surface area contributed by atoms with Gasteiger partial charge in [-0.25, -0.2) is 13.8 Å². The van der Waals surface area contributed by atoms with Gasteiger partial charge in [0.05, 0.1) is 31.9 Å². The van der Waals surface area contributed by atoms with Crippen molar-refractivity contribution in [3.63, 3.8) is 0 Å². The van der Waals surface area contributed by atoms with Crippen LogP contribution in [0.5, 0.6) is 5.75 Å². The molecule has 0 bridgehead atoms.